The van der Waals surface area contributed by atoms with E-state index in [0.717, 1.165) is 24.4 Å². The highest BCUT2D eigenvalue weighted by Gasteiger charge is 2.20. The minimum atomic E-state index is -0.145. The number of hydrogen-bond donors (Lipinski definition) is 1. The van der Waals surface area contributed by atoms with Crippen LogP contribution in [-0.2, 0) is 0 Å². The smallest absolute Gasteiger partial charge is 0.123 e. The predicted octanol–water partition coefficient (Wildman–Crippen LogP) is 2.82. The Morgan fingerprint density at radius 2 is 2.33 bits per heavy atom. The van der Waals surface area contributed by atoms with Gasteiger partial charge in [0.2, 0.25) is 0 Å². The molecule has 1 aliphatic heterocycles. The van der Waals surface area contributed by atoms with E-state index in [1.807, 2.05) is 6.07 Å². The van der Waals surface area contributed by atoms with E-state index in [9.17, 15) is 4.39 Å². The van der Waals surface area contributed by atoms with Crippen LogP contribution in [0.25, 0.3) is 0 Å². The van der Waals surface area contributed by atoms with Gasteiger partial charge in [-0.05, 0) is 56.6 Å². The van der Waals surface area contributed by atoms with Gasteiger partial charge in [0.05, 0.1) is 0 Å². The molecule has 1 aromatic carbocycles. The van der Waals surface area contributed by atoms with Crippen molar-refractivity contribution in [3.63, 3.8) is 0 Å². The molecular formula is C15H23FN2. The first-order valence-electron chi connectivity index (χ1n) is 6.86. The van der Waals surface area contributed by atoms with Gasteiger partial charge in [0.15, 0.2) is 0 Å². The second-order valence-corrected chi connectivity index (χ2v) is 5.34. The van der Waals surface area contributed by atoms with Crippen LogP contribution in [0.1, 0.15) is 31.4 Å². The number of rotatable bonds is 5. The standard InChI is InChI=1S/C15H23FN2/c1-3-15(13-5-4-6-14(16)9-13)17-10-12-7-8-18(2)11-12/h4-6,9,12,15,17H,3,7-8,10-11H2,1-2H3. The van der Waals surface area contributed by atoms with Crippen LogP contribution >= 0.6 is 0 Å². The zero-order chi connectivity index (χ0) is 13.0. The molecule has 1 N–H and O–H groups in total. The van der Waals surface area contributed by atoms with Crippen molar-refractivity contribution in [2.24, 2.45) is 5.92 Å². The fraction of sp³-hybridized carbons (Fsp3) is 0.600. The van der Waals surface area contributed by atoms with Gasteiger partial charge in [0.25, 0.3) is 0 Å². The van der Waals surface area contributed by atoms with Gasteiger partial charge in [-0.1, -0.05) is 19.1 Å². The average molecular weight is 250 g/mol. The van der Waals surface area contributed by atoms with E-state index in [1.54, 1.807) is 12.1 Å². The molecule has 0 saturated carbocycles. The topological polar surface area (TPSA) is 15.3 Å². The van der Waals surface area contributed by atoms with Crippen LogP contribution in [0.15, 0.2) is 24.3 Å². The van der Waals surface area contributed by atoms with Crippen molar-refractivity contribution in [1.29, 1.82) is 0 Å². The molecule has 100 valence electrons. The lowest BCUT2D eigenvalue weighted by molar-refractivity contribution is 0.377. The van der Waals surface area contributed by atoms with Crippen molar-refractivity contribution in [2.75, 3.05) is 26.7 Å². The molecule has 2 unspecified atom stereocenters. The highest BCUT2D eigenvalue weighted by Crippen LogP contribution is 2.19. The maximum atomic E-state index is 13.2. The van der Waals surface area contributed by atoms with E-state index in [-0.39, 0.29) is 11.9 Å². The Labute approximate surface area is 109 Å². The summed E-state index contributed by atoms with van der Waals surface area (Å²) in [6.45, 7) is 5.54. The molecule has 1 fully saturated rings. The Morgan fingerprint density at radius 1 is 1.50 bits per heavy atom. The molecule has 2 rings (SSSR count). The molecule has 2 atom stereocenters. The van der Waals surface area contributed by atoms with Gasteiger partial charge >= 0.3 is 0 Å². The summed E-state index contributed by atoms with van der Waals surface area (Å²) in [6.07, 6.45) is 2.26. The molecule has 1 aliphatic rings. The molecule has 1 saturated heterocycles. The zero-order valence-electron chi connectivity index (χ0n) is 11.3. The van der Waals surface area contributed by atoms with Crippen LogP contribution in [-0.4, -0.2) is 31.6 Å². The molecule has 0 bridgehead atoms. The predicted molar refractivity (Wildman–Crippen MR) is 73.0 cm³/mol. The minimum Gasteiger partial charge on any atom is -0.310 e. The maximum absolute atomic E-state index is 13.2. The first kappa shape index (κ1) is 13.5. The summed E-state index contributed by atoms with van der Waals surface area (Å²) in [7, 11) is 2.17. The van der Waals surface area contributed by atoms with Crippen molar-refractivity contribution in [1.82, 2.24) is 10.2 Å². The van der Waals surface area contributed by atoms with E-state index in [4.69, 9.17) is 0 Å². The molecule has 0 spiro atoms. The highest BCUT2D eigenvalue weighted by molar-refractivity contribution is 5.20. The number of nitrogens with one attached hydrogen (secondary N) is 1. The fourth-order valence-corrected chi connectivity index (χ4v) is 2.72. The second kappa shape index (κ2) is 6.30. The zero-order valence-corrected chi connectivity index (χ0v) is 11.3. The van der Waals surface area contributed by atoms with Crippen LogP contribution in [0.3, 0.4) is 0 Å². The number of likely N-dealkylation sites (tertiary alicyclic amines) is 1. The van der Waals surface area contributed by atoms with Gasteiger partial charge in [-0.3, -0.25) is 0 Å². The van der Waals surface area contributed by atoms with Crippen LogP contribution in [0.5, 0.6) is 0 Å². The lowest BCUT2D eigenvalue weighted by atomic mass is 10.0. The molecule has 0 amide bonds. The SMILES string of the molecule is CCC(NCC1CCN(C)C1)c1cccc(F)c1. The first-order valence-corrected chi connectivity index (χ1v) is 6.86. The molecule has 0 radical (unpaired) electrons. The molecule has 3 heteroatoms. The summed E-state index contributed by atoms with van der Waals surface area (Å²) in [4.78, 5) is 2.37. The van der Waals surface area contributed by atoms with Gasteiger partial charge in [-0.2, -0.15) is 0 Å². The Kier molecular flexibility index (Phi) is 4.72. The van der Waals surface area contributed by atoms with Crippen LogP contribution in [0.4, 0.5) is 4.39 Å². The number of hydrogen-bond acceptors (Lipinski definition) is 2. The van der Waals surface area contributed by atoms with Crippen LogP contribution in [0.2, 0.25) is 0 Å². The third-order valence-electron chi connectivity index (χ3n) is 3.80. The van der Waals surface area contributed by atoms with E-state index < -0.39 is 0 Å². The number of halogens is 1. The van der Waals surface area contributed by atoms with Crippen molar-refractivity contribution in [3.05, 3.63) is 35.6 Å². The third-order valence-corrected chi connectivity index (χ3v) is 3.80. The van der Waals surface area contributed by atoms with E-state index in [1.165, 1.54) is 25.6 Å². The van der Waals surface area contributed by atoms with Gasteiger partial charge in [0.1, 0.15) is 5.82 Å². The van der Waals surface area contributed by atoms with Gasteiger partial charge in [-0.15, -0.1) is 0 Å². The molecule has 0 aliphatic carbocycles. The lowest BCUT2D eigenvalue weighted by Gasteiger charge is -2.20. The normalized spacial score (nSPS) is 22.3. The van der Waals surface area contributed by atoms with E-state index >= 15 is 0 Å². The summed E-state index contributed by atoms with van der Waals surface area (Å²) in [6, 6.07) is 7.21. The van der Waals surface area contributed by atoms with Gasteiger partial charge in [0, 0.05) is 12.6 Å². The summed E-state index contributed by atoms with van der Waals surface area (Å²) in [5.41, 5.74) is 1.06. The van der Waals surface area contributed by atoms with Crippen LogP contribution in [0, 0.1) is 11.7 Å². The third kappa shape index (κ3) is 3.53. The van der Waals surface area contributed by atoms with Gasteiger partial charge in [-0.25, -0.2) is 4.39 Å². The molecule has 1 aromatic rings. The van der Waals surface area contributed by atoms with Gasteiger partial charge < -0.3 is 10.2 Å². The van der Waals surface area contributed by atoms with Crippen molar-refractivity contribution in [2.45, 2.75) is 25.8 Å². The van der Waals surface area contributed by atoms with Crippen molar-refractivity contribution in [3.8, 4) is 0 Å². The molecular weight excluding hydrogens is 227 g/mol. The monoisotopic (exact) mass is 250 g/mol. The van der Waals surface area contributed by atoms with E-state index in [2.05, 4.69) is 24.2 Å². The van der Waals surface area contributed by atoms with Crippen molar-refractivity contribution >= 4 is 0 Å². The summed E-state index contributed by atoms with van der Waals surface area (Å²) in [5.74, 6) is 0.589. The highest BCUT2D eigenvalue weighted by atomic mass is 19.1. The Balaban J connectivity index is 1.89. The largest absolute Gasteiger partial charge is 0.310 e. The summed E-state index contributed by atoms with van der Waals surface area (Å²) in [5, 5.41) is 3.58. The average Bonchev–Trinajstić information content (AvgIpc) is 2.76. The number of benzene rings is 1. The fourth-order valence-electron chi connectivity index (χ4n) is 2.72. The molecule has 2 nitrogen and oxygen atoms in total. The minimum absolute atomic E-state index is 0.145. The summed E-state index contributed by atoms with van der Waals surface area (Å²) < 4.78 is 13.2. The second-order valence-electron chi connectivity index (χ2n) is 5.34. The quantitative estimate of drug-likeness (QED) is 0.864. The first-order chi connectivity index (χ1) is 8.69. The lowest BCUT2D eigenvalue weighted by Crippen LogP contribution is -2.28. The molecule has 18 heavy (non-hydrogen) atoms. The van der Waals surface area contributed by atoms with E-state index in [0.29, 0.717) is 0 Å². The Morgan fingerprint density at radius 3 is 2.94 bits per heavy atom. The summed E-state index contributed by atoms with van der Waals surface area (Å²) >= 11 is 0. The number of nitrogens with zero attached hydrogens (tertiary/aromatic N) is 1. The Bertz CT molecular complexity index is 381. The van der Waals surface area contributed by atoms with Crippen LogP contribution < -0.4 is 5.32 Å². The molecule has 0 aromatic heterocycles. The molecule has 1 heterocycles. The maximum Gasteiger partial charge on any atom is 0.123 e. The van der Waals surface area contributed by atoms with Crippen molar-refractivity contribution < 1.29 is 4.39 Å². The Hall–Kier alpha value is -0.930.